The molecule has 6 N–H and O–H groups in total. The summed E-state index contributed by atoms with van der Waals surface area (Å²) in [4.78, 5) is 12.9. The number of hydrogen-bond acceptors (Lipinski definition) is 8. The number of carbonyl (C=O) groups is 1. The van der Waals surface area contributed by atoms with Gasteiger partial charge in [0, 0.05) is 6.42 Å². The van der Waals surface area contributed by atoms with E-state index in [2.05, 4.69) is 19.2 Å². The monoisotopic (exact) mass is 798 g/mol. The quantitative estimate of drug-likeness (QED) is 0.0265. The predicted molar refractivity (Wildman–Crippen MR) is 231 cm³/mol. The van der Waals surface area contributed by atoms with Crippen molar-refractivity contribution in [1.82, 2.24) is 5.32 Å². The Balaban J connectivity index is 2.25. The van der Waals surface area contributed by atoms with E-state index in [9.17, 15) is 30.3 Å². The van der Waals surface area contributed by atoms with Crippen LogP contribution in [0.25, 0.3) is 0 Å². The van der Waals surface area contributed by atoms with Crippen molar-refractivity contribution >= 4 is 5.91 Å². The van der Waals surface area contributed by atoms with E-state index in [-0.39, 0.29) is 12.5 Å². The Hall–Kier alpha value is -1.07. The molecule has 0 radical (unpaired) electrons. The molecule has 0 aromatic rings. The normalized spacial score (nSPS) is 21.2. The van der Waals surface area contributed by atoms with Gasteiger partial charge in [0.2, 0.25) is 5.91 Å². The van der Waals surface area contributed by atoms with Crippen molar-refractivity contribution in [1.29, 1.82) is 0 Å². The molecule has 0 aliphatic carbocycles. The maximum atomic E-state index is 12.9. The zero-order valence-corrected chi connectivity index (χ0v) is 36.4. The molecule has 0 spiro atoms. The Kier molecular flexibility index (Phi) is 36.1. The zero-order chi connectivity index (χ0) is 40.9. The predicted octanol–water partition coefficient (Wildman–Crippen LogP) is 10.1. The fourth-order valence-corrected chi connectivity index (χ4v) is 7.75. The summed E-state index contributed by atoms with van der Waals surface area (Å²) in [5.41, 5.74) is 0. The fourth-order valence-electron chi connectivity index (χ4n) is 7.75. The van der Waals surface area contributed by atoms with Crippen LogP contribution < -0.4 is 5.32 Å². The lowest BCUT2D eigenvalue weighted by atomic mass is 9.99. The lowest BCUT2D eigenvalue weighted by molar-refractivity contribution is -0.302. The first kappa shape index (κ1) is 52.9. The fraction of sp³-hybridized carbons (Fsp3) is 0.936. The molecule has 1 rings (SSSR count). The van der Waals surface area contributed by atoms with E-state index >= 15 is 0 Å². The molecule has 0 bridgehead atoms. The zero-order valence-electron chi connectivity index (χ0n) is 36.4. The summed E-state index contributed by atoms with van der Waals surface area (Å²) < 4.78 is 11.2. The second-order valence-corrected chi connectivity index (χ2v) is 16.9. The average Bonchev–Trinajstić information content (AvgIpc) is 3.20. The first-order valence-electron chi connectivity index (χ1n) is 23.9. The molecule has 9 heteroatoms. The molecule has 0 aromatic carbocycles. The molecule has 1 aliphatic heterocycles. The summed E-state index contributed by atoms with van der Waals surface area (Å²) in [5.74, 6) is -0.174. The van der Waals surface area contributed by atoms with Gasteiger partial charge in [-0.1, -0.05) is 212 Å². The Morgan fingerprint density at radius 3 is 1.39 bits per heavy atom. The molecule has 56 heavy (non-hydrogen) atoms. The molecule has 1 saturated heterocycles. The molecule has 0 aromatic heterocycles. The first-order chi connectivity index (χ1) is 27.3. The summed E-state index contributed by atoms with van der Waals surface area (Å²) in [6.07, 6.45) is 36.9. The van der Waals surface area contributed by atoms with Crippen LogP contribution in [-0.2, 0) is 14.3 Å². The summed E-state index contributed by atoms with van der Waals surface area (Å²) >= 11 is 0. The van der Waals surface area contributed by atoms with Crippen LogP contribution in [0, 0.1) is 0 Å². The Morgan fingerprint density at radius 1 is 0.589 bits per heavy atom. The number of aliphatic hydroxyl groups excluding tert-OH is 5. The summed E-state index contributed by atoms with van der Waals surface area (Å²) in [6.45, 7) is 3.77. The van der Waals surface area contributed by atoms with Crippen molar-refractivity contribution < 1.29 is 39.8 Å². The van der Waals surface area contributed by atoms with Gasteiger partial charge in [-0.05, 0) is 19.3 Å². The molecule has 1 heterocycles. The smallest absolute Gasteiger partial charge is 0.220 e. The van der Waals surface area contributed by atoms with E-state index in [1.807, 2.05) is 6.08 Å². The summed E-state index contributed by atoms with van der Waals surface area (Å²) in [6, 6.07) is -0.797. The van der Waals surface area contributed by atoms with Gasteiger partial charge in [0.25, 0.3) is 0 Å². The average molecular weight is 798 g/mol. The number of carbonyl (C=O) groups excluding carboxylic acids is 1. The third-order valence-electron chi connectivity index (χ3n) is 11.6. The Labute approximate surface area is 344 Å². The molecule has 1 aliphatic rings. The Morgan fingerprint density at radius 2 is 0.982 bits per heavy atom. The van der Waals surface area contributed by atoms with Crippen molar-refractivity contribution in [3.05, 3.63) is 12.2 Å². The van der Waals surface area contributed by atoms with E-state index < -0.39 is 49.5 Å². The van der Waals surface area contributed by atoms with Crippen LogP contribution in [0.4, 0.5) is 0 Å². The molecule has 332 valence electrons. The minimum absolute atomic E-state index is 0.174. The SMILES string of the molecule is CCCCCCCCCCC/C=C/[C@@H](O)[C@H](CO[C@@H]1O[C@H](CO)[C@H](O)C(O)C1O)NC(=O)CCCCCCCCCCCCCCCCCCCCCCCC. The number of hydrogen-bond donors (Lipinski definition) is 6. The molecule has 2 unspecified atom stereocenters. The van der Waals surface area contributed by atoms with Gasteiger partial charge in [0.15, 0.2) is 6.29 Å². The van der Waals surface area contributed by atoms with Crippen LogP contribution in [-0.4, -0.2) is 87.5 Å². The maximum absolute atomic E-state index is 12.9. The third kappa shape index (κ3) is 28.4. The number of nitrogens with one attached hydrogen (secondary N) is 1. The van der Waals surface area contributed by atoms with Crippen LogP contribution >= 0.6 is 0 Å². The highest BCUT2D eigenvalue weighted by atomic mass is 16.7. The van der Waals surface area contributed by atoms with Crippen LogP contribution in [0.15, 0.2) is 12.2 Å². The van der Waals surface area contributed by atoms with E-state index in [0.717, 1.165) is 38.5 Å². The highest BCUT2D eigenvalue weighted by Crippen LogP contribution is 2.23. The van der Waals surface area contributed by atoms with Gasteiger partial charge in [0.1, 0.15) is 24.4 Å². The number of unbranched alkanes of at least 4 members (excludes halogenated alkanes) is 30. The number of rotatable bonds is 40. The number of allylic oxidation sites excluding steroid dienone is 1. The molecule has 1 amide bonds. The van der Waals surface area contributed by atoms with E-state index in [0.29, 0.717) is 6.42 Å². The lowest BCUT2D eigenvalue weighted by Gasteiger charge is -2.40. The van der Waals surface area contributed by atoms with Crippen LogP contribution in [0.1, 0.15) is 226 Å². The lowest BCUT2D eigenvalue weighted by Crippen LogP contribution is -2.60. The van der Waals surface area contributed by atoms with Crippen molar-refractivity contribution in [3.8, 4) is 0 Å². The minimum Gasteiger partial charge on any atom is -0.394 e. The number of aliphatic hydroxyl groups is 5. The molecule has 9 nitrogen and oxygen atoms in total. The molecular weight excluding hydrogens is 707 g/mol. The van der Waals surface area contributed by atoms with Crippen LogP contribution in [0.5, 0.6) is 0 Å². The highest BCUT2D eigenvalue weighted by Gasteiger charge is 2.44. The maximum Gasteiger partial charge on any atom is 0.220 e. The van der Waals surface area contributed by atoms with Gasteiger partial charge >= 0.3 is 0 Å². The second kappa shape index (κ2) is 38.2. The van der Waals surface area contributed by atoms with Gasteiger partial charge < -0.3 is 40.3 Å². The third-order valence-corrected chi connectivity index (χ3v) is 11.6. The Bertz CT molecular complexity index is 888. The largest absolute Gasteiger partial charge is 0.394 e. The number of ether oxygens (including phenoxy) is 2. The van der Waals surface area contributed by atoms with Crippen molar-refractivity contribution in [3.63, 3.8) is 0 Å². The highest BCUT2D eigenvalue weighted by molar-refractivity contribution is 5.76. The first-order valence-corrected chi connectivity index (χ1v) is 23.9. The summed E-state index contributed by atoms with van der Waals surface area (Å²) in [7, 11) is 0. The second-order valence-electron chi connectivity index (χ2n) is 16.9. The van der Waals surface area contributed by atoms with E-state index in [4.69, 9.17) is 9.47 Å². The van der Waals surface area contributed by atoms with E-state index in [1.54, 1.807) is 6.08 Å². The minimum atomic E-state index is -1.56. The van der Waals surface area contributed by atoms with Gasteiger partial charge in [-0.25, -0.2) is 0 Å². The van der Waals surface area contributed by atoms with Gasteiger partial charge in [-0.15, -0.1) is 0 Å². The standard InChI is InChI=1S/C47H91NO8/c1-3-5-7-9-11-13-15-16-17-18-19-20-21-22-23-24-25-27-29-31-33-35-37-43(51)48-40(39-55-47-46(54)45(53)44(52)42(38-49)56-47)41(50)36-34-32-30-28-26-14-12-10-8-6-4-2/h34,36,40-42,44-47,49-50,52-54H,3-33,35,37-39H2,1-2H3,(H,48,51)/b36-34+/t40-,41+,42+,44-,45?,46?,47+/m0/s1. The molecule has 0 saturated carbocycles. The summed E-state index contributed by atoms with van der Waals surface area (Å²) in [5, 5.41) is 54.1. The molecule has 1 fully saturated rings. The van der Waals surface area contributed by atoms with Crippen molar-refractivity contribution in [2.24, 2.45) is 0 Å². The topological polar surface area (TPSA) is 149 Å². The van der Waals surface area contributed by atoms with Crippen LogP contribution in [0.2, 0.25) is 0 Å². The van der Waals surface area contributed by atoms with Crippen LogP contribution in [0.3, 0.4) is 0 Å². The molecular formula is C47H91NO8. The number of amides is 1. The van der Waals surface area contributed by atoms with Crippen molar-refractivity contribution in [2.75, 3.05) is 13.2 Å². The van der Waals surface area contributed by atoms with Gasteiger partial charge in [-0.2, -0.15) is 0 Å². The van der Waals surface area contributed by atoms with Gasteiger partial charge in [0.05, 0.1) is 25.4 Å². The van der Waals surface area contributed by atoms with E-state index in [1.165, 1.54) is 167 Å². The van der Waals surface area contributed by atoms with Gasteiger partial charge in [-0.3, -0.25) is 4.79 Å². The molecule has 7 atom stereocenters. The van der Waals surface area contributed by atoms with Crippen molar-refractivity contribution in [2.45, 2.75) is 269 Å².